The molecule has 1 aliphatic rings. The number of benzene rings is 1. The molecule has 1 heterocycles. The van der Waals surface area contributed by atoms with Gasteiger partial charge in [0.2, 0.25) is 5.91 Å². The van der Waals surface area contributed by atoms with Gasteiger partial charge in [-0.15, -0.1) is 0 Å². The quantitative estimate of drug-likeness (QED) is 0.727. The van der Waals surface area contributed by atoms with Gasteiger partial charge < -0.3 is 25.6 Å². The zero-order valence-electron chi connectivity index (χ0n) is 11.7. The second kappa shape index (κ2) is 6.11. The number of ether oxygens (including phenoxy) is 2. The van der Waals surface area contributed by atoms with Gasteiger partial charge in [0.1, 0.15) is 5.75 Å². The molecule has 114 valence electrons. The molecule has 7 heteroatoms. The number of hydrogen-bond acceptors (Lipinski definition) is 5. The Morgan fingerprint density at radius 3 is 2.67 bits per heavy atom. The lowest BCUT2D eigenvalue weighted by Crippen LogP contribution is -2.47. The SMILES string of the molecule is CC1(C(=O)Nc2ccc(OCC(=O)O)cc2)COCC1N. The lowest BCUT2D eigenvalue weighted by atomic mass is 9.85. The number of carboxylic acids is 1. The maximum atomic E-state index is 12.3. The molecule has 2 unspecified atom stereocenters. The first-order valence-electron chi connectivity index (χ1n) is 6.51. The third-order valence-corrected chi connectivity index (χ3v) is 3.51. The monoisotopic (exact) mass is 294 g/mol. The van der Waals surface area contributed by atoms with Gasteiger partial charge in [-0.05, 0) is 31.2 Å². The first kappa shape index (κ1) is 15.3. The van der Waals surface area contributed by atoms with Gasteiger partial charge >= 0.3 is 5.97 Å². The molecule has 2 rings (SSSR count). The fraction of sp³-hybridized carbons (Fsp3) is 0.429. The van der Waals surface area contributed by atoms with E-state index in [1.807, 2.05) is 0 Å². The lowest BCUT2D eigenvalue weighted by Gasteiger charge is -2.25. The largest absolute Gasteiger partial charge is 0.482 e. The standard InChI is InChI=1S/C14H18N2O5/c1-14(8-20-6-11(14)15)13(19)16-9-2-4-10(5-3-9)21-7-12(17)18/h2-5,11H,6-8,15H2,1H3,(H,16,19)(H,17,18). The van der Waals surface area contributed by atoms with E-state index < -0.39 is 18.0 Å². The minimum Gasteiger partial charge on any atom is -0.482 e. The molecule has 1 aromatic rings. The summed E-state index contributed by atoms with van der Waals surface area (Å²) in [5.74, 6) is -0.829. The van der Waals surface area contributed by atoms with Gasteiger partial charge in [0.15, 0.2) is 6.61 Å². The van der Waals surface area contributed by atoms with Crippen molar-refractivity contribution in [2.24, 2.45) is 11.1 Å². The number of nitrogens with two attached hydrogens (primary N) is 1. The number of hydrogen-bond donors (Lipinski definition) is 3. The molecule has 0 spiro atoms. The molecule has 4 N–H and O–H groups in total. The number of amides is 1. The highest BCUT2D eigenvalue weighted by atomic mass is 16.5. The van der Waals surface area contributed by atoms with E-state index >= 15 is 0 Å². The second-order valence-electron chi connectivity index (χ2n) is 5.20. The number of carbonyl (C=O) groups excluding carboxylic acids is 1. The summed E-state index contributed by atoms with van der Waals surface area (Å²) in [6.45, 7) is 2.02. The topological polar surface area (TPSA) is 111 Å². The molecule has 2 atom stereocenters. The van der Waals surface area contributed by atoms with Crippen LogP contribution in [-0.2, 0) is 14.3 Å². The Hall–Kier alpha value is -2.12. The Morgan fingerprint density at radius 2 is 2.14 bits per heavy atom. The van der Waals surface area contributed by atoms with Crippen LogP contribution < -0.4 is 15.8 Å². The average molecular weight is 294 g/mol. The summed E-state index contributed by atoms with van der Waals surface area (Å²) in [6, 6.07) is 6.12. The van der Waals surface area contributed by atoms with Gasteiger partial charge in [-0.2, -0.15) is 0 Å². The predicted octanol–water partition coefficient (Wildman–Crippen LogP) is 0.452. The van der Waals surface area contributed by atoms with E-state index in [0.29, 0.717) is 24.7 Å². The van der Waals surface area contributed by atoms with Crippen LogP contribution in [0.5, 0.6) is 5.75 Å². The van der Waals surface area contributed by atoms with Crippen LogP contribution in [0.3, 0.4) is 0 Å². The van der Waals surface area contributed by atoms with Crippen LogP contribution in [0, 0.1) is 5.41 Å². The van der Waals surface area contributed by atoms with E-state index in [-0.39, 0.29) is 11.9 Å². The molecular formula is C14H18N2O5. The summed E-state index contributed by atoms with van der Waals surface area (Å²) in [4.78, 5) is 22.7. The minimum atomic E-state index is -1.05. The summed E-state index contributed by atoms with van der Waals surface area (Å²) in [6.07, 6.45) is 0. The molecule has 1 saturated heterocycles. The van der Waals surface area contributed by atoms with Gasteiger partial charge in [0.05, 0.1) is 18.6 Å². The first-order valence-corrected chi connectivity index (χ1v) is 6.51. The van der Waals surface area contributed by atoms with Crippen molar-refractivity contribution >= 4 is 17.6 Å². The van der Waals surface area contributed by atoms with Crippen molar-refractivity contribution in [3.63, 3.8) is 0 Å². The highest BCUT2D eigenvalue weighted by molar-refractivity contribution is 5.96. The van der Waals surface area contributed by atoms with Crippen LogP contribution in [-0.4, -0.2) is 42.8 Å². The summed E-state index contributed by atoms with van der Waals surface area (Å²) >= 11 is 0. The molecule has 7 nitrogen and oxygen atoms in total. The molecule has 1 fully saturated rings. The maximum Gasteiger partial charge on any atom is 0.341 e. The molecule has 0 bridgehead atoms. The van der Waals surface area contributed by atoms with Gasteiger partial charge in [-0.3, -0.25) is 4.79 Å². The average Bonchev–Trinajstić information content (AvgIpc) is 2.79. The van der Waals surface area contributed by atoms with E-state index in [2.05, 4.69) is 5.32 Å². The van der Waals surface area contributed by atoms with E-state index in [1.54, 1.807) is 31.2 Å². The van der Waals surface area contributed by atoms with Crippen molar-refractivity contribution in [3.8, 4) is 5.75 Å². The van der Waals surface area contributed by atoms with E-state index in [9.17, 15) is 9.59 Å². The molecular weight excluding hydrogens is 276 g/mol. The third-order valence-electron chi connectivity index (χ3n) is 3.51. The summed E-state index contributed by atoms with van der Waals surface area (Å²) in [5, 5.41) is 11.3. The van der Waals surface area contributed by atoms with E-state index in [1.165, 1.54) is 0 Å². The van der Waals surface area contributed by atoms with Crippen LogP contribution in [0.2, 0.25) is 0 Å². The number of aliphatic carboxylic acids is 1. The Bertz CT molecular complexity index is 531. The van der Waals surface area contributed by atoms with Crippen molar-refractivity contribution in [2.75, 3.05) is 25.1 Å². The van der Waals surface area contributed by atoms with Gasteiger partial charge in [0, 0.05) is 11.7 Å². The first-order chi connectivity index (χ1) is 9.91. The van der Waals surface area contributed by atoms with Crippen molar-refractivity contribution in [1.29, 1.82) is 0 Å². The van der Waals surface area contributed by atoms with E-state index in [4.69, 9.17) is 20.3 Å². The highest BCUT2D eigenvalue weighted by Crippen LogP contribution is 2.29. The molecule has 0 aromatic heterocycles. The molecule has 21 heavy (non-hydrogen) atoms. The summed E-state index contributed by atoms with van der Waals surface area (Å²) in [5.41, 5.74) is 5.73. The zero-order valence-corrected chi connectivity index (χ0v) is 11.7. The Kier molecular flexibility index (Phi) is 4.44. The van der Waals surface area contributed by atoms with Crippen LogP contribution in [0.25, 0.3) is 0 Å². The second-order valence-corrected chi connectivity index (χ2v) is 5.20. The van der Waals surface area contributed by atoms with Gasteiger partial charge in [-0.1, -0.05) is 0 Å². The van der Waals surface area contributed by atoms with Crippen molar-refractivity contribution in [3.05, 3.63) is 24.3 Å². The predicted molar refractivity (Wildman–Crippen MR) is 75.1 cm³/mol. The van der Waals surface area contributed by atoms with Crippen molar-refractivity contribution in [2.45, 2.75) is 13.0 Å². The molecule has 1 aliphatic heterocycles. The highest BCUT2D eigenvalue weighted by Gasteiger charge is 2.44. The molecule has 1 aromatic carbocycles. The molecule has 0 radical (unpaired) electrons. The Balaban J connectivity index is 1.97. The van der Waals surface area contributed by atoms with Crippen molar-refractivity contribution in [1.82, 2.24) is 0 Å². The van der Waals surface area contributed by atoms with Crippen LogP contribution in [0.15, 0.2) is 24.3 Å². The number of anilines is 1. The maximum absolute atomic E-state index is 12.3. The Morgan fingerprint density at radius 1 is 1.48 bits per heavy atom. The number of rotatable bonds is 5. The van der Waals surface area contributed by atoms with Gasteiger partial charge in [-0.25, -0.2) is 4.79 Å². The van der Waals surface area contributed by atoms with Crippen LogP contribution in [0.1, 0.15) is 6.92 Å². The summed E-state index contributed by atoms with van der Waals surface area (Å²) in [7, 11) is 0. The fourth-order valence-corrected chi connectivity index (χ4v) is 1.98. The zero-order chi connectivity index (χ0) is 15.5. The molecule has 0 aliphatic carbocycles. The minimum absolute atomic E-state index is 0.202. The number of carboxylic acid groups (broad SMARTS) is 1. The summed E-state index contributed by atoms with van der Waals surface area (Å²) < 4.78 is 10.3. The smallest absolute Gasteiger partial charge is 0.341 e. The fourth-order valence-electron chi connectivity index (χ4n) is 1.98. The normalized spacial score (nSPS) is 24.6. The van der Waals surface area contributed by atoms with E-state index in [0.717, 1.165) is 0 Å². The van der Waals surface area contributed by atoms with Crippen molar-refractivity contribution < 1.29 is 24.2 Å². The van der Waals surface area contributed by atoms with Crippen LogP contribution >= 0.6 is 0 Å². The number of carbonyl (C=O) groups is 2. The van der Waals surface area contributed by atoms with Gasteiger partial charge in [0.25, 0.3) is 0 Å². The lowest BCUT2D eigenvalue weighted by molar-refractivity contribution is -0.139. The molecule has 0 saturated carbocycles. The number of nitrogens with one attached hydrogen (secondary N) is 1. The molecule has 1 amide bonds. The Labute approximate surface area is 122 Å². The van der Waals surface area contributed by atoms with Crippen LogP contribution in [0.4, 0.5) is 5.69 Å². The third kappa shape index (κ3) is 3.50.